The summed E-state index contributed by atoms with van der Waals surface area (Å²) in [6.07, 6.45) is 3.88. The van der Waals surface area contributed by atoms with Crippen LogP contribution in [-0.4, -0.2) is 41.5 Å². The Morgan fingerprint density at radius 1 is 1.64 bits per heavy atom. The predicted molar refractivity (Wildman–Crippen MR) is 53.1 cm³/mol. The summed E-state index contributed by atoms with van der Waals surface area (Å²) < 4.78 is 0. The molecule has 0 radical (unpaired) electrons. The molecule has 80 valence electrons. The quantitative estimate of drug-likeness (QED) is 0.482. The van der Waals surface area contributed by atoms with Crippen LogP contribution in [0.4, 0.5) is 4.79 Å². The molecule has 0 rings (SSSR count). The normalized spacial score (nSPS) is 12.7. The minimum atomic E-state index is -1.13. The van der Waals surface area contributed by atoms with Gasteiger partial charge in [0, 0.05) is 12.6 Å². The summed E-state index contributed by atoms with van der Waals surface area (Å²) >= 11 is 0. The number of rotatable bonds is 6. The van der Waals surface area contributed by atoms with E-state index < -0.39 is 6.09 Å². The number of aldehydes is 1. The van der Waals surface area contributed by atoms with Crippen LogP contribution in [0.2, 0.25) is 0 Å². The molecular formula is C9H16N2O3. The number of carboxylic acid groups (broad SMARTS) is 1. The standard InChI is InChI=1S/C9H16N2O3/c1-2-3-4-8(10)7-11(5-6-12)9(13)14/h3-4,6,8H,2,5,7,10H2,1H3,(H,13,14)/b4-3+. The van der Waals surface area contributed by atoms with Crippen molar-refractivity contribution in [1.82, 2.24) is 4.90 Å². The molecule has 0 aromatic heterocycles. The second kappa shape index (κ2) is 7.08. The van der Waals surface area contributed by atoms with Gasteiger partial charge in [0.2, 0.25) is 0 Å². The number of nitrogens with two attached hydrogens (primary N) is 1. The number of carbonyl (C=O) groups excluding carboxylic acids is 1. The van der Waals surface area contributed by atoms with Crippen molar-refractivity contribution >= 4 is 12.4 Å². The summed E-state index contributed by atoms with van der Waals surface area (Å²) in [4.78, 5) is 21.7. The molecule has 0 aromatic rings. The summed E-state index contributed by atoms with van der Waals surface area (Å²) in [5, 5.41) is 8.67. The molecular weight excluding hydrogens is 184 g/mol. The number of amides is 1. The zero-order valence-corrected chi connectivity index (χ0v) is 8.22. The average molecular weight is 200 g/mol. The van der Waals surface area contributed by atoms with Gasteiger partial charge in [-0.15, -0.1) is 0 Å². The lowest BCUT2D eigenvalue weighted by Crippen LogP contribution is -2.40. The van der Waals surface area contributed by atoms with E-state index in [1.54, 1.807) is 6.08 Å². The highest BCUT2D eigenvalue weighted by atomic mass is 16.4. The van der Waals surface area contributed by atoms with E-state index in [1.807, 2.05) is 13.0 Å². The van der Waals surface area contributed by atoms with E-state index in [-0.39, 0.29) is 19.1 Å². The van der Waals surface area contributed by atoms with Gasteiger partial charge < -0.3 is 15.6 Å². The Morgan fingerprint density at radius 3 is 2.71 bits per heavy atom. The van der Waals surface area contributed by atoms with E-state index in [1.165, 1.54) is 0 Å². The van der Waals surface area contributed by atoms with Crippen LogP contribution in [0.1, 0.15) is 13.3 Å². The summed E-state index contributed by atoms with van der Waals surface area (Å²) in [5.41, 5.74) is 5.62. The molecule has 5 heteroatoms. The zero-order valence-electron chi connectivity index (χ0n) is 8.22. The molecule has 0 heterocycles. The summed E-state index contributed by atoms with van der Waals surface area (Å²) in [6, 6.07) is -0.356. The Kier molecular flexibility index (Phi) is 6.39. The second-order valence-corrected chi connectivity index (χ2v) is 2.85. The van der Waals surface area contributed by atoms with E-state index in [9.17, 15) is 9.59 Å². The van der Waals surface area contributed by atoms with E-state index in [4.69, 9.17) is 10.8 Å². The van der Waals surface area contributed by atoms with Crippen LogP contribution in [0.25, 0.3) is 0 Å². The Morgan fingerprint density at radius 2 is 2.29 bits per heavy atom. The van der Waals surface area contributed by atoms with Crippen LogP contribution in [0.5, 0.6) is 0 Å². The number of hydrogen-bond donors (Lipinski definition) is 2. The third-order valence-electron chi connectivity index (χ3n) is 1.62. The first-order valence-electron chi connectivity index (χ1n) is 4.45. The van der Waals surface area contributed by atoms with Gasteiger partial charge in [0.05, 0.1) is 6.54 Å². The van der Waals surface area contributed by atoms with E-state index in [0.29, 0.717) is 6.29 Å². The Hall–Kier alpha value is -1.36. The molecule has 0 aromatic carbocycles. The van der Waals surface area contributed by atoms with Crippen molar-refractivity contribution in [2.24, 2.45) is 5.73 Å². The highest BCUT2D eigenvalue weighted by Gasteiger charge is 2.12. The van der Waals surface area contributed by atoms with Gasteiger partial charge in [-0.3, -0.25) is 4.90 Å². The Labute approximate surface area is 83.2 Å². The molecule has 0 aliphatic carbocycles. The topological polar surface area (TPSA) is 83.6 Å². The molecule has 0 saturated carbocycles. The maximum Gasteiger partial charge on any atom is 0.407 e. The van der Waals surface area contributed by atoms with E-state index >= 15 is 0 Å². The smallest absolute Gasteiger partial charge is 0.407 e. The minimum Gasteiger partial charge on any atom is -0.465 e. The maximum atomic E-state index is 10.6. The van der Waals surface area contributed by atoms with Crippen molar-refractivity contribution in [3.63, 3.8) is 0 Å². The molecule has 0 saturated heterocycles. The van der Waals surface area contributed by atoms with Gasteiger partial charge in [0.1, 0.15) is 6.29 Å². The molecule has 5 nitrogen and oxygen atoms in total. The van der Waals surface area contributed by atoms with Crippen molar-refractivity contribution in [3.05, 3.63) is 12.2 Å². The second-order valence-electron chi connectivity index (χ2n) is 2.85. The zero-order chi connectivity index (χ0) is 11.0. The third-order valence-corrected chi connectivity index (χ3v) is 1.62. The Balaban J connectivity index is 4.08. The van der Waals surface area contributed by atoms with Crippen LogP contribution >= 0.6 is 0 Å². The summed E-state index contributed by atoms with van der Waals surface area (Å²) in [7, 11) is 0. The first-order valence-corrected chi connectivity index (χ1v) is 4.45. The molecule has 1 atom stereocenters. The SMILES string of the molecule is CC/C=C/C(N)CN(CC=O)C(=O)O. The molecule has 3 N–H and O–H groups in total. The highest BCUT2D eigenvalue weighted by Crippen LogP contribution is 1.93. The van der Waals surface area contributed by atoms with Gasteiger partial charge in [-0.05, 0) is 6.42 Å². The lowest BCUT2D eigenvalue weighted by Gasteiger charge is -2.18. The van der Waals surface area contributed by atoms with E-state index in [0.717, 1.165) is 11.3 Å². The fraction of sp³-hybridized carbons (Fsp3) is 0.556. The van der Waals surface area contributed by atoms with Gasteiger partial charge >= 0.3 is 6.09 Å². The lowest BCUT2D eigenvalue weighted by atomic mass is 10.2. The van der Waals surface area contributed by atoms with E-state index in [2.05, 4.69) is 0 Å². The molecule has 0 aliphatic rings. The van der Waals surface area contributed by atoms with Crippen LogP contribution in [0.3, 0.4) is 0 Å². The fourth-order valence-electron chi connectivity index (χ4n) is 0.947. The molecule has 0 spiro atoms. The van der Waals surface area contributed by atoms with Crippen LogP contribution in [0.15, 0.2) is 12.2 Å². The third kappa shape index (κ3) is 5.31. The van der Waals surface area contributed by atoms with Gasteiger partial charge in [0.15, 0.2) is 0 Å². The fourth-order valence-corrected chi connectivity index (χ4v) is 0.947. The number of carbonyl (C=O) groups is 2. The predicted octanol–water partition coefficient (Wildman–Crippen LogP) is 0.459. The number of nitrogens with zero attached hydrogens (tertiary/aromatic N) is 1. The van der Waals surface area contributed by atoms with Gasteiger partial charge in [-0.25, -0.2) is 4.79 Å². The first-order chi connectivity index (χ1) is 6.61. The molecule has 0 fully saturated rings. The van der Waals surface area contributed by atoms with Crippen LogP contribution < -0.4 is 5.73 Å². The number of allylic oxidation sites excluding steroid dienone is 1. The van der Waals surface area contributed by atoms with Crippen molar-refractivity contribution < 1.29 is 14.7 Å². The van der Waals surface area contributed by atoms with Gasteiger partial charge in [-0.2, -0.15) is 0 Å². The van der Waals surface area contributed by atoms with Crippen molar-refractivity contribution in [3.8, 4) is 0 Å². The largest absolute Gasteiger partial charge is 0.465 e. The molecule has 0 bridgehead atoms. The van der Waals surface area contributed by atoms with Crippen LogP contribution in [0, 0.1) is 0 Å². The monoisotopic (exact) mass is 200 g/mol. The molecule has 14 heavy (non-hydrogen) atoms. The van der Waals surface area contributed by atoms with Gasteiger partial charge in [-0.1, -0.05) is 19.1 Å². The first kappa shape index (κ1) is 12.6. The Bertz CT molecular complexity index is 216. The minimum absolute atomic E-state index is 0.136. The molecule has 1 unspecified atom stereocenters. The maximum absolute atomic E-state index is 10.6. The van der Waals surface area contributed by atoms with Gasteiger partial charge in [0.25, 0.3) is 0 Å². The highest BCUT2D eigenvalue weighted by molar-refractivity contribution is 5.69. The van der Waals surface area contributed by atoms with Crippen molar-refractivity contribution in [2.45, 2.75) is 19.4 Å². The summed E-state index contributed by atoms with van der Waals surface area (Å²) in [5.74, 6) is 0. The lowest BCUT2D eigenvalue weighted by molar-refractivity contribution is -0.108. The summed E-state index contributed by atoms with van der Waals surface area (Å²) in [6.45, 7) is 1.97. The van der Waals surface area contributed by atoms with Crippen LogP contribution in [-0.2, 0) is 4.79 Å². The van der Waals surface area contributed by atoms with Crippen molar-refractivity contribution in [1.29, 1.82) is 0 Å². The molecule has 1 amide bonds. The number of hydrogen-bond acceptors (Lipinski definition) is 3. The van der Waals surface area contributed by atoms with Crippen molar-refractivity contribution in [2.75, 3.05) is 13.1 Å². The molecule has 0 aliphatic heterocycles. The average Bonchev–Trinajstić information content (AvgIpc) is 2.14.